The van der Waals surface area contributed by atoms with E-state index in [4.69, 9.17) is 11.6 Å². The van der Waals surface area contributed by atoms with Crippen molar-refractivity contribution in [3.8, 4) is 0 Å². The zero-order valence-electron chi connectivity index (χ0n) is 10.8. The number of nitrogens with zero attached hydrogens (tertiary/aromatic N) is 1. The van der Waals surface area contributed by atoms with Crippen LogP contribution >= 0.6 is 11.6 Å². The first kappa shape index (κ1) is 12.5. The molecule has 1 amide bonds. The molecule has 1 N–H and O–H groups in total. The number of amides is 1. The fourth-order valence-electron chi connectivity index (χ4n) is 2.71. The first-order valence-electron chi connectivity index (χ1n) is 6.81. The van der Waals surface area contributed by atoms with Gasteiger partial charge in [-0.1, -0.05) is 24.4 Å². The van der Waals surface area contributed by atoms with Crippen LogP contribution < -0.4 is 0 Å². The predicted molar refractivity (Wildman–Crippen MR) is 77.7 cm³/mol. The van der Waals surface area contributed by atoms with E-state index in [9.17, 15) is 4.79 Å². The third kappa shape index (κ3) is 2.47. The Morgan fingerprint density at radius 3 is 2.63 bits per heavy atom. The summed E-state index contributed by atoms with van der Waals surface area (Å²) >= 11 is 6.03. The number of likely N-dealkylation sites (tertiary alicyclic amines) is 1. The highest BCUT2D eigenvalue weighted by atomic mass is 35.5. The van der Waals surface area contributed by atoms with E-state index in [1.54, 1.807) is 6.20 Å². The van der Waals surface area contributed by atoms with E-state index in [0.717, 1.165) is 42.4 Å². The van der Waals surface area contributed by atoms with Crippen molar-refractivity contribution in [1.82, 2.24) is 9.88 Å². The van der Waals surface area contributed by atoms with E-state index >= 15 is 0 Å². The summed E-state index contributed by atoms with van der Waals surface area (Å²) in [6, 6.07) is 5.61. The maximum absolute atomic E-state index is 12.6. The third-order valence-corrected chi connectivity index (χ3v) is 4.00. The van der Waals surface area contributed by atoms with Crippen molar-refractivity contribution >= 4 is 28.4 Å². The first-order chi connectivity index (χ1) is 9.25. The van der Waals surface area contributed by atoms with Gasteiger partial charge >= 0.3 is 0 Å². The number of hydrogen-bond donors (Lipinski definition) is 1. The summed E-state index contributed by atoms with van der Waals surface area (Å²) in [5, 5.41) is 1.58. The molecule has 2 aromatic rings. The van der Waals surface area contributed by atoms with Gasteiger partial charge in [0, 0.05) is 35.2 Å². The zero-order valence-corrected chi connectivity index (χ0v) is 11.5. The van der Waals surface area contributed by atoms with Crippen LogP contribution in [0.15, 0.2) is 24.4 Å². The molecule has 1 aliphatic rings. The van der Waals surface area contributed by atoms with Crippen LogP contribution in [-0.2, 0) is 0 Å². The van der Waals surface area contributed by atoms with Gasteiger partial charge in [0.2, 0.25) is 0 Å². The molecule has 4 heteroatoms. The third-order valence-electron chi connectivity index (χ3n) is 3.77. The second-order valence-electron chi connectivity index (χ2n) is 5.10. The molecular weight excluding hydrogens is 260 g/mol. The van der Waals surface area contributed by atoms with Gasteiger partial charge in [-0.15, -0.1) is 0 Å². The van der Waals surface area contributed by atoms with Gasteiger partial charge in [0.1, 0.15) is 0 Å². The van der Waals surface area contributed by atoms with E-state index < -0.39 is 0 Å². The fourth-order valence-corrected chi connectivity index (χ4v) is 2.89. The van der Waals surface area contributed by atoms with Gasteiger partial charge in [-0.05, 0) is 31.0 Å². The van der Waals surface area contributed by atoms with Gasteiger partial charge in [0.25, 0.3) is 5.91 Å². The lowest BCUT2D eigenvalue weighted by Gasteiger charge is -2.19. The first-order valence-corrected chi connectivity index (χ1v) is 7.19. The number of aromatic amines is 1. The van der Waals surface area contributed by atoms with Gasteiger partial charge in [0.05, 0.1) is 5.56 Å². The predicted octanol–water partition coefficient (Wildman–Crippen LogP) is 3.84. The van der Waals surface area contributed by atoms with E-state index in [1.165, 1.54) is 12.8 Å². The van der Waals surface area contributed by atoms with Crippen molar-refractivity contribution in [2.75, 3.05) is 13.1 Å². The average Bonchev–Trinajstić information content (AvgIpc) is 2.64. The van der Waals surface area contributed by atoms with Crippen LogP contribution in [0.4, 0.5) is 0 Å². The number of aromatic nitrogens is 1. The molecule has 0 radical (unpaired) electrons. The van der Waals surface area contributed by atoms with Crippen LogP contribution in [-0.4, -0.2) is 28.9 Å². The minimum absolute atomic E-state index is 0.121. The molecule has 3 rings (SSSR count). The molecule has 3 nitrogen and oxygen atoms in total. The molecular formula is C15H17ClN2O. The largest absolute Gasteiger partial charge is 0.360 e. The normalized spacial score (nSPS) is 16.6. The van der Waals surface area contributed by atoms with E-state index in [-0.39, 0.29) is 5.91 Å². The molecule has 0 aliphatic carbocycles. The molecule has 0 atom stereocenters. The monoisotopic (exact) mass is 276 g/mol. The molecule has 0 spiro atoms. The molecule has 100 valence electrons. The maximum atomic E-state index is 12.6. The van der Waals surface area contributed by atoms with Gasteiger partial charge in [-0.25, -0.2) is 0 Å². The number of carbonyl (C=O) groups excluding carboxylic acids is 1. The number of halogens is 1. The summed E-state index contributed by atoms with van der Waals surface area (Å²) in [5.74, 6) is 0.121. The SMILES string of the molecule is O=C(c1c[nH]c2ccc(Cl)cc12)N1CCCCCC1. The molecule has 1 fully saturated rings. The van der Waals surface area contributed by atoms with Crippen LogP contribution in [0.1, 0.15) is 36.0 Å². The van der Waals surface area contributed by atoms with Crippen molar-refractivity contribution < 1.29 is 4.79 Å². The molecule has 1 aromatic carbocycles. The Labute approximate surface area is 117 Å². The number of nitrogens with one attached hydrogen (secondary N) is 1. The van der Waals surface area contributed by atoms with Crippen LogP contribution in [0.3, 0.4) is 0 Å². The summed E-state index contributed by atoms with van der Waals surface area (Å²) in [5.41, 5.74) is 1.70. The maximum Gasteiger partial charge on any atom is 0.256 e. The highest BCUT2D eigenvalue weighted by Crippen LogP contribution is 2.24. The van der Waals surface area contributed by atoms with Gasteiger partial charge in [-0.2, -0.15) is 0 Å². The topological polar surface area (TPSA) is 36.1 Å². The number of hydrogen-bond acceptors (Lipinski definition) is 1. The lowest BCUT2D eigenvalue weighted by atomic mass is 10.1. The van der Waals surface area contributed by atoms with Gasteiger partial charge in [-0.3, -0.25) is 4.79 Å². The van der Waals surface area contributed by atoms with Gasteiger partial charge < -0.3 is 9.88 Å². The fraction of sp³-hybridized carbons (Fsp3) is 0.400. The Balaban J connectivity index is 1.94. The Morgan fingerprint density at radius 1 is 1.16 bits per heavy atom. The molecule has 0 saturated carbocycles. The highest BCUT2D eigenvalue weighted by molar-refractivity contribution is 6.31. The smallest absolute Gasteiger partial charge is 0.256 e. The molecule has 19 heavy (non-hydrogen) atoms. The molecule has 0 unspecified atom stereocenters. The lowest BCUT2D eigenvalue weighted by Crippen LogP contribution is -2.31. The number of carbonyl (C=O) groups is 1. The molecule has 0 bridgehead atoms. The molecule has 1 aliphatic heterocycles. The summed E-state index contributed by atoms with van der Waals surface area (Å²) in [4.78, 5) is 17.7. The Bertz CT molecular complexity index is 597. The summed E-state index contributed by atoms with van der Waals surface area (Å²) < 4.78 is 0. The second-order valence-corrected chi connectivity index (χ2v) is 5.54. The lowest BCUT2D eigenvalue weighted by molar-refractivity contribution is 0.0763. The summed E-state index contributed by atoms with van der Waals surface area (Å²) in [7, 11) is 0. The quantitative estimate of drug-likeness (QED) is 0.844. The van der Waals surface area contributed by atoms with Crippen LogP contribution in [0, 0.1) is 0 Å². The summed E-state index contributed by atoms with van der Waals surface area (Å²) in [6.45, 7) is 1.73. The van der Waals surface area contributed by atoms with Gasteiger partial charge in [0.15, 0.2) is 0 Å². The minimum atomic E-state index is 0.121. The summed E-state index contributed by atoms with van der Waals surface area (Å²) in [6.07, 6.45) is 6.46. The Kier molecular flexibility index (Phi) is 3.47. The van der Waals surface area contributed by atoms with Crippen LogP contribution in [0.2, 0.25) is 5.02 Å². The zero-order chi connectivity index (χ0) is 13.2. The number of benzene rings is 1. The van der Waals surface area contributed by atoms with E-state index in [1.807, 2.05) is 23.1 Å². The Hall–Kier alpha value is -1.48. The molecule has 2 heterocycles. The van der Waals surface area contributed by atoms with Crippen molar-refractivity contribution in [2.45, 2.75) is 25.7 Å². The minimum Gasteiger partial charge on any atom is -0.360 e. The standard InChI is InChI=1S/C15H17ClN2O/c16-11-5-6-14-12(9-11)13(10-17-14)15(19)18-7-3-1-2-4-8-18/h5-6,9-10,17H,1-4,7-8H2. The molecule has 1 aromatic heterocycles. The van der Waals surface area contributed by atoms with Crippen molar-refractivity contribution in [1.29, 1.82) is 0 Å². The number of rotatable bonds is 1. The highest BCUT2D eigenvalue weighted by Gasteiger charge is 2.20. The van der Waals surface area contributed by atoms with Crippen LogP contribution in [0.25, 0.3) is 10.9 Å². The van der Waals surface area contributed by atoms with E-state index in [2.05, 4.69) is 4.98 Å². The van der Waals surface area contributed by atoms with E-state index in [0.29, 0.717) is 5.02 Å². The van der Waals surface area contributed by atoms with Crippen molar-refractivity contribution in [2.24, 2.45) is 0 Å². The number of H-pyrrole nitrogens is 1. The second kappa shape index (κ2) is 5.25. The number of fused-ring (bicyclic) bond motifs is 1. The Morgan fingerprint density at radius 2 is 1.89 bits per heavy atom. The van der Waals surface area contributed by atoms with Crippen LogP contribution in [0.5, 0.6) is 0 Å². The van der Waals surface area contributed by atoms with Crippen molar-refractivity contribution in [3.05, 3.63) is 35.0 Å². The van der Waals surface area contributed by atoms with Crippen molar-refractivity contribution in [3.63, 3.8) is 0 Å². The average molecular weight is 277 g/mol. The molecule has 1 saturated heterocycles.